The molecule has 0 amide bonds. The maximum Gasteiger partial charge on any atom is 0.138 e. The summed E-state index contributed by atoms with van der Waals surface area (Å²) in [7, 11) is 0. The molecule has 0 fully saturated rings. The fourth-order valence-electron chi connectivity index (χ4n) is 1.32. The standard InChI is InChI=1S/C11H5Cl4N/c12-6-1-2-7(9(13)5-6)8-3-4-10(14)16-11(8)15/h1-5H. The Morgan fingerprint density at radius 1 is 0.812 bits per heavy atom. The minimum atomic E-state index is 0.316. The van der Waals surface area contributed by atoms with Crippen molar-refractivity contribution in [1.82, 2.24) is 4.98 Å². The van der Waals surface area contributed by atoms with E-state index in [-0.39, 0.29) is 0 Å². The Balaban J connectivity index is 2.59. The van der Waals surface area contributed by atoms with Crippen molar-refractivity contribution in [3.63, 3.8) is 0 Å². The van der Waals surface area contributed by atoms with E-state index < -0.39 is 0 Å². The number of halogens is 4. The van der Waals surface area contributed by atoms with Gasteiger partial charge in [-0.25, -0.2) is 4.98 Å². The van der Waals surface area contributed by atoms with Gasteiger partial charge in [-0.3, -0.25) is 0 Å². The first-order chi connectivity index (χ1) is 7.58. The summed E-state index contributed by atoms with van der Waals surface area (Å²) in [6.45, 7) is 0. The number of pyridine rings is 1. The Bertz CT molecular complexity index is 490. The molecule has 0 atom stereocenters. The molecule has 0 N–H and O–H groups in total. The molecule has 1 aromatic heterocycles. The van der Waals surface area contributed by atoms with E-state index in [0.29, 0.717) is 20.4 Å². The molecule has 0 saturated carbocycles. The van der Waals surface area contributed by atoms with Gasteiger partial charge in [-0.2, -0.15) is 0 Å². The molecule has 0 aliphatic heterocycles. The van der Waals surface area contributed by atoms with Gasteiger partial charge in [-0.05, 0) is 24.3 Å². The summed E-state index contributed by atoms with van der Waals surface area (Å²) in [4.78, 5) is 3.95. The maximum atomic E-state index is 6.07. The highest BCUT2D eigenvalue weighted by molar-refractivity contribution is 6.38. The first kappa shape index (κ1) is 12.0. The molecule has 0 radical (unpaired) electrons. The normalized spacial score (nSPS) is 10.5. The molecule has 0 aliphatic rings. The number of rotatable bonds is 1. The van der Waals surface area contributed by atoms with Crippen molar-refractivity contribution >= 4 is 46.4 Å². The summed E-state index contributed by atoms with van der Waals surface area (Å²) in [5.41, 5.74) is 1.51. The largest absolute Gasteiger partial charge is 0.224 e. The zero-order valence-corrected chi connectivity index (χ0v) is 10.9. The Hall–Kier alpha value is -0.470. The second-order valence-corrected chi connectivity index (χ2v) is 4.69. The zero-order chi connectivity index (χ0) is 11.7. The topological polar surface area (TPSA) is 12.9 Å². The summed E-state index contributed by atoms with van der Waals surface area (Å²) >= 11 is 23.6. The molecule has 1 nitrogen and oxygen atoms in total. The average molecular weight is 293 g/mol. The van der Waals surface area contributed by atoms with E-state index in [1.165, 1.54) is 0 Å². The van der Waals surface area contributed by atoms with Crippen molar-refractivity contribution in [2.24, 2.45) is 0 Å². The van der Waals surface area contributed by atoms with Gasteiger partial charge in [0.2, 0.25) is 0 Å². The van der Waals surface area contributed by atoms with Crippen molar-refractivity contribution in [1.29, 1.82) is 0 Å². The van der Waals surface area contributed by atoms with E-state index >= 15 is 0 Å². The van der Waals surface area contributed by atoms with Crippen molar-refractivity contribution in [3.8, 4) is 11.1 Å². The van der Waals surface area contributed by atoms with Crippen LogP contribution in [0.1, 0.15) is 0 Å². The van der Waals surface area contributed by atoms with Crippen molar-refractivity contribution in [2.75, 3.05) is 0 Å². The van der Waals surface area contributed by atoms with Crippen LogP contribution in [0.2, 0.25) is 20.4 Å². The Morgan fingerprint density at radius 2 is 1.50 bits per heavy atom. The number of nitrogens with zero attached hydrogens (tertiary/aromatic N) is 1. The van der Waals surface area contributed by atoms with Crippen LogP contribution in [0.3, 0.4) is 0 Å². The SMILES string of the molecule is Clc1ccc(-c2ccc(Cl)nc2Cl)c(Cl)c1. The molecular formula is C11H5Cl4N. The number of hydrogen-bond acceptors (Lipinski definition) is 1. The van der Waals surface area contributed by atoms with Crippen LogP contribution in [0.15, 0.2) is 30.3 Å². The molecular weight excluding hydrogens is 288 g/mol. The summed E-state index contributed by atoms with van der Waals surface area (Å²) < 4.78 is 0. The van der Waals surface area contributed by atoms with E-state index in [1.54, 1.807) is 30.3 Å². The third-order valence-corrected chi connectivity index (χ3v) is 3.08. The second kappa shape index (κ2) is 4.80. The van der Waals surface area contributed by atoms with Crippen LogP contribution in [0, 0.1) is 0 Å². The minimum absolute atomic E-state index is 0.316. The summed E-state index contributed by atoms with van der Waals surface area (Å²) in [6, 6.07) is 8.62. The Morgan fingerprint density at radius 3 is 2.12 bits per heavy atom. The predicted octanol–water partition coefficient (Wildman–Crippen LogP) is 5.36. The van der Waals surface area contributed by atoms with Crippen LogP contribution >= 0.6 is 46.4 Å². The molecule has 0 unspecified atom stereocenters. The highest BCUT2D eigenvalue weighted by Crippen LogP contribution is 2.34. The summed E-state index contributed by atoms with van der Waals surface area (Å²) in [5.74, 6) is 0. The van der Waals surface area contributed by atoms with Gasteiger partial charge in [0, 0.05) is 21.2 Å². The van der Waals surface area contributed by atoms with Gasteiger partial charge in [0.25, 0.3) is 0 Å². The van der Waals surface area contributed by atoms with Crippen LogP contribution in [0.5, 0.6) is 0 Å². The fraction of sp³-hybridized carbons (Fsp3) is 0. The van der Waals surface area contributed by atoms with Crippen LogP contribution in [0.25, 0.3) is 11.1 Å². The third-order valence-electron chi connectivity index (χ3n) is 2.04. The fourth-order valence-corrected chi connectivity index (χ4v) is 2.28. The molecule has 0 aliphatic carbocycles. The second-order valence-electron chi connectivity index (χ2n) is 3.10. The molecule has 5 heteroatoms. The van der Waals surface area contributed by atoms with Gasteiger partial charge in [0.1, 0.15) is 10.3 Å². The maximum absolute atomic E-state index is 6.07. The van der Waals surface area contributed by atoms with E-state index in [1.807, 2.05) is 0 Å². The molecule has 16 heavy (non-hydrogen) atoms. The Labute approximate surface area is 113 Å². The molecule has 1 heterocycles. The predicted molar refractivity (Wildman–Crippen MR) is 69.7 cm³/mol. The summed E-state index contributed by atoms with van der Waals surface area (Å²) in [6.07, 6.45) is 0. The minimum Gasteiger partial charge on any atom is -0.224 e. The van der Waals surface area contributed by atoms with Gasteiger partial charge in [-0.1, -0.05) is 52.5 Å². The van der Waals surface area contributed by atoms with Crippen LogP contribution in [-0.2, 0) is 0 Å². The lowest BCUT2D eigenvalue weighted by Crippen LogP contribution is -1.85. The van der Waals surface area contributed by atoms with E-state index in [0.717, 1.165) is 11.1 Å². The average Bonchev–Trinajstić information content (AvgIpc) is 2.19. The molecule has 0 bridgehead atoms. The molecule has 0 spiro atoms. The first-order valence-electron chi connectivity index (χ1n) is 4.35. The highest BCUT2D eigenvalue weighted by atomic mass is 35.5. The lowest BCUT2D eigenvalue weighted by molar-refractivity contribution is 1.33. The van der Waals surface area contributed by atoms with Gasteiger partial charge in [0.05, 0.1) is 0 Å². The summed E-state index contributed by atoms with van der Waals surface area (Å²) in [5, 5.41) is 1.76. The van der Waals surface area contributed by atoms with E-state index in [2.05, 4.69) is 4.98 Å². The van der Waals surface area contributed by atoms with Gasteiger partial charge < -0.3 is 0 Å². The van der Waals surface area contributed by atoms with E-state index in [9.17, 15) is 0 Å². The molecule has 82 valence electrons. The van der Waals surface area contributed by atoms with Gasteiger partial charge >= 0.3 is 0 Å². The highest BCUT2D eigenvalue weighted by Gasteiger charge is 2.09. The Kier molecular flexibility index (Phi) is 3.60. The van der Waals surface area contributed by atoms with E-state index in [4.69, 9.17) is 46.4 Å². The monoisotopic (exact) mass is 291 g/mol. The van der Waals surface area contributed by atoms with Crippen molar-refractivity contribution in [3.05, 3.63) is 50.7 Å². The zero-order valence-electron chi connectivity index (χ0n) is 7.85. The number of hydrogen-bond donors (Lipinski definition) is 0. The number of aromatic nitrogens is 1. The first-order valence-corrected chi connectivity index (χ1v) is 5.86. The molecule has 0 saturated heterocycles. The van der Waals surface area contributed by atoms with Crippen LogP contribution in [0.4, 0.5) is 0 Å². The smallest absolute Gasteiger partial charge is 0.138 e. The van der Waals surface area contributed by atoms with Crippen molar-refractivity contribution < 1.29 is 0 Å². The van der Waals surface area contributed by atoms with Gasteiger partial charge in [-0.15, -0.1) is 0 Å². The lowest BCUT2D eigenvalue weighted by atomic mass is 10.1. The molecule has 2 rings (SSSR count). The van der Waals surface area contributed by atoms with Crippen LogP contribution < -0.4 is 0 Å². The molecule has 2 aromatic rings. The molecule has 1 aromatic carbocycles. The van der Waals surface area contributed by atoms with Crippen LogP contribution in [-0.4, -0.2) is 4.98 Å². The third kappa shape index (κ3) is 2.44. The van der Waals surface area contributed by atoms with Gasteiger partial charge in [0.15, 0.2) is 0 Å². The van der Waals surface area contributed by atoms with Crippen molar-refractivity contribution in [2.45, 2.75) is 0 Å². The quantitative estimate of drug-likeness (QED) is 0.645. The lowest BCUT2D eigenvalue weighted by Gasteiger charge is -2.06. The number of benzene rings is 1.